The number of benzene rings is 1. The number of H-pyrrole nitrogens is 1. The van der Waals surface area contributed by atoms with Crippen molar-refractivity contribution >= 4 is 5.91 Å². The Morgan fingerprint density at radius 3 is 2.52 bits per heavy atom. The fraction of sp³-hybridized carbons (Fsp3) is 0.0588. The number of amides is 1. The molecule has 2 aromatic heterocycles. The fourth-order valence-corrected chi connectivity index (χ4v) is 2.07. The first-order valence-electron chi connectivity index (χ1n) is 7.07. The van der Waals surface area contributed by atoms with E-state index in [-0.39, 0.29) is 12.1 Å². The van der Waals surface area contributed by atoms with E-state index in [0.717, 1.165) is 5.56 Å². The molecule has 3 aromatic rings. The van der Waals surface area contributed by atoms with Crippen LogP contribution in [0.15, 0.2) is 65.7 Å². The molecule has 0 aliphatic carbocycles. The highest BCUT2D eigenvalue weighted by Gasteiger charge is 2.12. The van der Waals surface area contributed by atoms with Crippen molar-refractivity contribution in [2.45, 2.75) is 6.54 Å². The molecular formula is C17H14N4O2. The zero-order valence-electron chi connectivity index (χ0n) is 12.2. The van der Waals surface area contributed by atoms with Crippen LogP contribution in [-0.4, -0.2) is 20.9 Å². The van der Waals surface area contributed by atoms with E-state index in [1.807, 2.05) is 36.4 Å². The largest absolute Gasteiger partial charge is 0.346 e. The molecule has 0 aliphatic rings. The molecule has 0 saturated carbocycles. The van der Waals surface area contributed by atoms with Crippen molar-refractivity contribution in [3.8, 4) is 11.4 Å². The molecule has 1 aromatic carbocycles. The summed E-state index contributed by atoms with van der Waals surface area (Å²) in [6.45, 7) is 0.250. The predicted molar refractivity (Wildman–Crippen MR) is 85.7 cm³/mol. The van der Waals surface area contributed by atoms with E-state index in [0.29, 0.717) is 11.5 Å². The topological polar surface area (TPSA) is 87.7 Å². The smallest absolute Gasteiger partial charge is 0.264 e. The van der Waals surface area contributed by atoms with Crippen molar-refractivity contribution in [3.05, 3.63) is 82.5 Å². The zero-order valence-corrected chi connectivity index (χ0v) is 12.2. The third-order valence-electron chi connectivity index (χ3n) is 3.25. The van der Waals surface area contributed by atoms with E-state index in [1.54, 1.807) is 18.3 Å². The average molecular weight is 306 g/mol. The Hall–Kier alpha value is -3.28. The highest BCUT2D eigenvalue weighted by atomic mass is 16.2. The molecule has 6 nitrogen and oxygen atoms in total. The number of carbonyl (C=O) groups excluding carboxylic acids is 1. The van der Waals surface area contributed by atoms with E-state index in [1.165, 1.54) is 6.20 Å². The summed E-state index contributed by atoms with van der Waals surface area (Å²) in [5.41, 5.74) is 0.995. The number of hydrogen-bond donors (Lipinski definition) is 2. The lowest BCUT2D eigenvalue weighted by Crippen LogP contribution is -2.30. The summed E-state index contributed by atoms with van der Waals surface area (Å²) in [5.74, 6) is -0.0547. The summed E-state index contributed by atoms with van der Waals surface area (Å²) in [5, 5.41) is 2.65. The van der Waals surface area contributed by atoms with Gasteiger partial charge in [-0.05, 0) is 12.1 Å². The van der Waals surface area contributed by atoms with Gasteiger partial charge in [-0.3, -0.25) is 14.6 Å². The molecule has 0 unspecified atom stereocenters. The van der Waals surface area contributed by atoms with Gasteiger partial charge in [-0.15, -0.1) is 0 Å². The first-order valence-corrected chi connectivity index (χ1v) is 7.07. The highest BCUT2D eigenvalue weighted by Crippen LogP contribution is 2.11. The van der Waals surface area contributed by atoms with Crippen molar-refractivity contribution in [1.29, 1.82) is 0 Å². The maximum absolute atomic E-state index is 12.1. The summed E-state index contributed by atoms with van der Waals surface area (Å²) < 4.78 is 0. The molecule has 3 rings (SSSR count). The summed E-state index contributed by atoms with van der Waals surface area (Å²) in [6, 6.07) is 14.7. The van der Waals surface area contributed by atoms with Crippen LogP contribution >= 0.6 is 0 Å². The maximum atomic E-state index is 12.1. The van der Waals surface area contributed by atoms with Gasteiger partial charge in [0.15, 0.2) is 0 Å². The second-order valence-electron chi connectivity index (χ2n) is 4.84. The number of aromatic amines is 1. The van der Waals surface area contributed by atoms with E-state index in [4.69, 9.17) is 0 Å². The van der Waals surface area contributed by atoms with Crippen LogP contribution in [0.1, 0.15) is 16.1 Å². The van der Waals surface area contributed by atoms with Gasteiger partial charge in [-0.25, -0.2) is 4.98 Å². The number of rotatable bonds is 4. The molecule has 0 bridgehead atoms. The lowest BCUT2D eigenvalue weighted by molar-refractivity contribution is 0.0948. The lowest BCUT2D eigenvalue weighted by Gasteiger charge is -2.05. The molecule has 114 valence electrons. The Morgan fingerprint density at radius 1 is 1.04 bits per heavy atom. The van der Waals surface area contributed by atoms with Gasteiger partial charge >= 0.3 is 0 Å². The van der Waals surface area contributed by atoms with Crippen LogP contribution in [0.2, 0.25) is 0 Å². The first kappa shape index (κ1) is 14.6. The second kappa shape index (κ2) is 6.65. The molecule has 0 fully saturated rings. The molecule has 0 saturated heterocycles. The van der Waals surface area contributed by atoms with Gasteiger partial charge in [0.1, 0.15) is 11.4 Å². The second-order valence-corrected chi connectivity index (χ2v) is 4.84. The van der Waals surface area contributed by atoms with Gasteiger partial charge in [0, 0.05) is 18.0 Å². The number of pyridine rings is 1. The molecule has 6 heteroatoms. The SMILES string of the molecule is O=C(NCc1ccccn1)c1cnc(-c2ccccc2)[nH]c1=O. The third-order valence-corrected chi connectivity index (χ3v) is 3.25. The van der Waals surface area contributed by atoms with Gasteiger partial charge in [-0.1, -0.05) is 36.4 Å². The minimum atomic E-state index is -0.482. The van der Waals surface area contributed by atoms with Crippen molar-refractivity contribution < 1.29 is 4.79 Å². The van der Waals surface area contributed by atoms with Crippen LogP contribution in [0.4, 0.5) is 0 Å². The molecule has 23 heavy (non-hydrogen) atoms. The van der Waals surface area contributed by atoms with Crippen molar-refractivity contribution in [2.75, 3.05) is 0 Å². The third kappa shape index (κ3) is 3.49. The summed E-state index contributed by atoms with van der Waals surface area (Å²) in [7, 11) is 0. The van der Waals surface area contributed by atoms with Gasteiger partial charge < -0.3 is 10.3 Å². The van der Waals surface area contributed by atoms with Gasteiger partial charge in [0.2, 0.25) is 0 Å². The molecule has 0 radical (unpaired) electrons. The molecule has 2 heterocycles. The Kier molecular flexibility index (Phi) is 4.24. The average Bonchev–Trinajstić information content (AvgIpc) is 2.61. The Bertz CT molecular complexity index is 861. The van der Waals surface area contributed by atoms with Crippen LogP contribution in [0.5, 0.6) is 0 Å². The molecule has 1 amide bonds. The van der Waals surface area contributed by atoms with Crippen LogP contribution in [0.25, 0.3) is 11.4 Å². The number of carbonyl (C=O) groups is 1. The van der Waals surface area contributed by atoms with Crippen molar-refractivity contribution in [2.24, 2.45) is 0 Å². The van der Waals surface area contributed by atoms with Crippen LogP contribution < -0.4 is 10.9 Å². The predicted octanol–water partition coefficient (Wildman–Crippen LogP) is 1.76. The first-order chi connectivity index (χ1) is 11.2. The van der Waals surface area contributed by atoms with Gasteiger partial charge in [0.05, 0.1) is 12.2 Å². The zero-order chi connectivity index (χ0) is 16.1. The van der Waals surface area contributed by atoms with E-state index in [9.17, 15) is 9.59 Å². The summed E-state index contributed by atoms with van der Waals surface area (Å²) in [6.07, 6.45) is 2.93. The minimum Gasteiger partial charge on any atom is -0.346 e. The number of aromatic nitrogens is 3. The molecular weight excluding hydrogens is 292 g/mol. The van der Waals surface area contributed by atoms with Crippen LogP contribution in [-0.2, 0) is 6.54 Å². The van der Waals surface area contributed by atoms with E-state index in [2.05, 4.69) is 20.3 Å². The Labute approximate surface area is 132 Å². The molecule has 0 aliphatic heterocycles. The quantitative estimate of drug-likeness (QED) is 0.769. The highest BCUT2D eigenvalue weighted by molar-refractivity contribution is 5.93. The van der Waals surface area contributed by atoms with Crippen LogP contribution in [0.3, 0.4) is 0 Å². The Balaban J connectivity index is 1.75. The molecule has 0 atom stereocenters. The van der Waals surface area contributed by atoms with E-state index >= 15 is 0 Å². The maximum Gasteiger partial charge on any atom is 0.264 e. The van der Waals surface area contributed by atoms with Crippen molar-refractivity contribution in [1.82, 2.24) is 20.3 Å². The number of nitrogens with one attached hydrogen (secondary N) is 2. The minimum absolute atomic E-state index is 0.0272. The normalized spacial score (nSPS) is 10.3. The Morgan fingerprint density at radius 2 is 1.83 bits per heavy atom. The summed E-state index contributed by atoms with van der Waals surface area (Å²) >= 11 is 0. The van der Waals surface area contributed by atoms with Gasteiger partial charge in [-0.2, -0.15) is 0 Å². The number of nitrogens with zero attached hydrogens (tertiary/aromatic N) is 2. The monoisotopic (exact) mass is 306 g/mol. The van der Waals surface area contributed by atoms with Crippen molar-refractivity contribution in [3.63, 3.8) is 0 Å². The van der Waals surface area contributed by atoms with Gasteiger partial charge in [0.25, 0.3) is 11.5 Å². The fourth-order valence-electron chi connectivity index (χ4n) is 2.07. The van der Waals surface area contributed by atoms with Crippen LogP contribution in [0, 0.1) is 0 Å². The number of hydrogen-bond acceptors (Lipinski definition) is 4. The lowest BCUT2D eigenvalue weighted by atomic mass is 10.2. The van der Waals surface area contributed by atoms with E-state index < -0.39 is 11.5 Å². The summed E-state index contributed by atoms with van der Waals surface area (Å²) in [4.78, 5) is 35.1. The molecule has 2 N–H and O–H groups in total. The molecule has 0 spiro atoms. The standard InChI is InChI=1S/C17H14N4O2/c22-16(20-10-13-8-4-5-9-18-13)14-11-19-15(21-17(14)23)12-6-2-1-3-7-12/h1-9,11H,10H2,(H,20,22)(H,19,21,23).